The van der Waals surface area contributed by atoms with Gasteiger partial charge in [-0.05, 0) is 48.5 Å². The van der Waals surface area contributed by atoms with Gasteiger partial charge in [-0.15, -0.1) is 0 Å². The van der Waals surface area contributed by atoms with Crippen LogP contribution < -0.4 is 21.8 Å². The van der Waals surface area contributed by atoms with E-state index in [0.717, 1.165) is 12.1 Å². The van der Waals surface area contributed by atoms with E-state index in [4.69, 9.17) is 5.73 Å². The van der Waals surface area contributed by atoms with E-state index in [2.05, 4.69) is 25.7 Å². The number of alkyl halides is 3. The lowest BCUT2D eigenvalue weighted by atomic mass is 10.1. The third-order valence-electron chi connectivity index (χ3n) is 5.43. The number of nitrogens with one attached hydrogen (secondary N) is 2. The lowest BCUT2D eigenvalue weighted by Crippen LogP contribution is -2.21. The number of anilines is 3. The second kappa shape index (κ2) is 9.11. The predicted octanol–water partition coefficient (Wildman–Crippen LogP) is 4.21. The van der Waals surface area contributed by atoms with Crippen molar-refractivity contribution in [2.24, 2.45) is 0 Å². The molecular formula is C24H17F3N8O2. The Balaban J connectivity index is 1.39. The van der Waals surface area contributed by atoms with Gasteiger partial charge in [0.1, 0.15) is 17.5 Å². The summed E-state index contributed by atoms with van der Waals surface area (Å²) in [5, 5.41) is 9.26. The molecule has 0 saturated heterocycles. The van der Waals surface area contributed by atoms with Crippen LogP contribution in [0, 0.1) is 0 Å². The second-order valence-corrected chi connectivity index (χ2v) is 7.81. The number of pyridine rings is 1. The van der Waals surface area contributed by atoms with Gasteiger partial charge >= 0.3 is 12.2 Å². The van der Waals surface area contributed by atoms with E-state index in [1.54, 1.807) is 41.1 Å². The minimum absolute atomic E-state index is 0.0587. The van der Waals surface area contributed by atoms with Crippen LogP contribution in [0.3, 0.4) is 0 Å². The van der Waals surface area contributed by atoms with Gasteiger partial charge in [-0.1, -0.05) is 0 Å². The van der Waals surface area contributed by atoms with Gasteiger partial charge in [0, 0.05) is 36.0 Å². The second-order valence-electron chi connectivity index (χ2n) is 7.81. The van der Waals surface area contributed by atoms with Crippen LogP contribution in [-0.4, -0.2) is 30.3 Å². The van der Waals surface area contributed by atoms with Gasteiger partial charge in [0.25, 0.3) is 0 Å². The summed E-state index contributed by atoms with van der Waals surface area (Å²) in [4.78, 5) is 32.9. The molecule has 0 fully saturated rings. The highest BCUT2D eigenvalue weighted by Gasteiger charge is 2.31. The standard InChI is InChI=1S/C24H17F3N8O2/c25-24(26,27)14-2-7-18(35-10-1-9-31-35)17(12-14)33-23(37)32-15-3-5-16(6-4-15)34-11-8-19(36)20-21(28)29-13-30-22(20)34/h1-13H,(H2,28,29,30)(H2,32,33,37). The van der Waals surface area contributed by atoms with Crippen molar-refractivity contribution in [2.45, 2.75) is 6.18 Å². The Hall–Kier alpha value is -5.20. The maximum absolute atomic E-state index is 13.3. The number of amides is 2. The number of benzene rings is 2. The number of nitrogen functional groups attached to an aromatic ring is 1. The highest BCUT2D eigenvalue weighted by Crippen LogP contribution is 2.33. The lowest BCUT2D eigenvalue weighted by molar-refractivity contribution is -0.137. The molecule has 0 atom stereocenters. The molecule has 37 heavy (non-hydrogen) atoms. The van der Waals surface area contributed by atoms with E-state index >= 15 is 0 Å². The van der Waals surface area contributed by atoms with E-state index in [-0.39, 0.29) is 28.0 Å². The normalized spacial score (nSPS) is 11.4. The molecular weight excluding hydrogens is 489 g/mol. The van der Waals surface area contributed by atoms with Gasteiger partial charge in [0.2, 0.25) is 0 Å². The molecule has 13 heteroatoms. The Bertz CT molecular complexity index is 1660. The minimum atomic E-state index is -4.59. The first kappa shape index (κ1) is 23.5. The van der Waals surface area contributed by atoms with Crippen LogP contribution in [0.25, 0.3) is 22.4 Å². The molecule has 10 nitrogen and oxygen atoms in total. The quantitative estimate of drug-likeness (QED) is 0.335. The number of carbonyl (C=O) groups is 1. The maximum atomic E-state index is 13.3. The largest absolute Gasteiger partial charge is 0.416 e. The molecule has 2 aromatic carbocycles. The highest BCUT2D eigenvalue weighted by atomic mass is 19.4. The Morgan fingerprint density at radius 1 is 0.973 bits per heavy atom. The number of hydrogen-bond acceptors (Lipinski definition) is 6. The fraction of sp³-hybridized carbons (Fsp3) is 0.0417. The SMILES string of the molecule is Nc1ncnc2c1c(=O)ccn2-c1ccc(NC(=O)Nc2cc(C(F)(F)F)ccc2-n2cccn2)cc1. The van der Waals surface area contributed by atoms with Crippen molar-refractivity contribution in [3.8, 4) is 11.4 Å². The molecule has 3 aromatic heterocycles. The molecule has 0 saturated carbocycles. The van der Waals surface area contributed by atoms with E-state index < -0.39 is 17.8 Å². The van der Waals surface area contributed by atoms with Gasteiger partial charge in [-0.3, -0.25) is 4.79 Å². The summed E-state index contributed by atoms with van der Waals surface area (Å²) in [5.41, 5.74) is 6.08. The van der Waals surface area contributed by atoms with Crippen LogP contribution in [0.4, 0.5) is 35.2 Å². The first-order valence-electron chi connectivity index (χ1n) is 10.7. The molecule has 0 spiro atoms. The number of fused-ring (bicyclic) bond motifs is 1. The molecule has 2 amide bonds. The van der Waals surface area contributed by atoms with Crippen molar-refractivity contribution in [3.05, 3.63) is 95.3 Å². The van der Waals surface area contributed by atoms with Crippen LogP contribution in [0.15, 0.2) is 84.3 Å². The zero-order valence-corrected chi connectivity index (χ0v) is 18.8. The Morgan fingerprint density at radius 3 is 2.46 bits per heavy atom. The van der Waals surface area contributed by atoms with Crippen molar-refractivity contribution in [3.63, 3.8) is 0 Å². The molecule has 3 heterocycles. The first-order chi connectivity index (χ1) is 17.7. The summed E-state index contributed by atoms with van der Waals surface area (Å²) >= 11 is 0. The summed E-state index contributed by atoms with van der Waals surface area (Å²) in [6.45, 7) is 0. The van der Waals surface area contributed by atoms with Crippen LogP contribution in [-0.2, 0) is 6.18 Å². The number of aromatic nitrogens is 5. The third-order valence-corrected chi connectivity index (χ3v) is 5.43. The summed E-state index contributed by atoms with van der Waals surface area (Å²) in [6, 6.07) is 11.7. The summed E-state index contributed by atoms with van der Waals surface area (Å²) in [7, 11) is 0. The van der Waals surface area contributed by atoms with Gasteiger partial charge in [0.05, 0.1) is 16.9 Å². The van der Waals surface area contributed by atoms with Gasteiger partial charge < -0.3 is 20.9 Å². The summed E-state index contributed by atoms with van der Waals surface area (Å²) in [6.07, 6.45) is 1.21. The Labute approximate surface area is 206 Å². The molecule has 0 bridgehead atoms. The molecule has 5 rings (SSSR count). The summed E-state index contributed by atoms with van der Waals surface area (Å²) in [5.74, 6) is 0.0587. The Kier molecular flexibility index (Phi) is 5.79. The average Bonchev–Trinajstić information content (AvgIpc) is 3.39. The van der Waals surface area contributed by atoms with Crippen LogP contribution in [0.1, 0.15) is 5.56 Å². The van der Waals surface area contributed by atoms with Crippen molar-refractivity contribution >= 4 is 34.3 Å². The molecule has 0 aliphatic rings. The number of carbonyl (C=O) groups excluding carboxylic acids is 1. The van der Waals surface area contributed by atoms with Crippen LogP contribution in [0.5, 0.6) is 0 Å². The van der Waals surface area contributed by atoms with Gasteiger partial charge in [0.15, 0.2) is 11.1 Å². The van der Waals surface area contributed by atoms with E-state index in [0.29, 0.717) is 17.0 Å². The van der Waals surface area contributed by atoms with Gasteiger partial charge in [-0.25, -0.2) is 19.4 Å². The number of nitrogens with two attached hydrogens (primary N) is 1. The highest BCUT2D eigenvalue weighted by molar-refractivity contribution is 6.01. The lowest BCUT2D eigenvalue weighted by Gasteiger charge is -2.15. The molecule has 186 valence electrons. The van der Waals surface area contributed by atoms with Crippen LogP contribution >= 0.6 is 0 Å². The fourth-order valence-electron chi connectivity index (χ4n) is 3.73. The molecule has 0 radical (unpaired) electrons. The topological polar surface area (TPSA) is 133 Å². The van der Waals surface area contributed by atoms with Crippen molar-refractivity contribution in [1.82, 2.24) is 24.3 Å². The van der Waals surface area contributed by atoms with E-state index in [1.807, 2.05) is 0 Å². The number of urea groups is 1. The number of hydrogen-bond donors (Lipinski definition) is 3. The van der Waals surface area contributed by atoms with Crippen LogP contribution in [0.2, 0.25) is 0 Å². The predicted molar refractivity (Wildman–Crippen MR) is 131 cm³/mol. The zero-order valence-electron chi connectivity index (χ0n) is 18.8. The number of halogens is 3. The smallest absolute Gasteiger partial charge is 0.383 e. The number of nitrogens with zero attached hydrogens (tertiary/aromatic N) is 5. The van der Waals surface area contributed by atoms with E-state index in [9.17, 15) is 22.8 Å². The zero-order chi connectivity index (χ0) is 26.2. The molecule has 0 aliphatic heterocycles. The van der Waals surface area contributed by atoms with Crippen molar-refractivity contribution < 1.29 is 18.0 Å². The van der Waals surface area contributed by atoms with Crippen molar-refractivity contribution in [1.29, 1.82) is 0 Å². The molecule has 0 unspecified atom stereocenters. The molecule has 0 aliphatic carbocycles. The first-order valence-corrected chi connectivity index (χ1v) is 10.7. The molecule has 5 aromatic rings. The third kappa shape index (κ3) is 4.69. The maximum Gasteiger partial charge on any atom is 0.416 e. The fourth-order valence-corrected chi connectivity index (χ4v) is 3.73. The average molecular weight is 506 g/mol. The Morgan fingerprint density at radius 2 is 1.76 bits per heavy atom. The van der Waals surface area contributed by atoms with Gasteiger partial charge in [-0.2, -0.15) is 18.3 Å². The summed E-state index contributed by atoms with van der Waals surface area (Å²) < 4.78 is 42.8. The molecule has 4 N–H and O–H groups in total. The monoisotopic (exact) mass is 506 g/mol. The van der Waals surface area contributed by atoms with Crippen molar-refractivity contribution in [2.75, 3.05) is 16.4 Å². The minimum Gasteiger partial charge on any atom is -0.383 e. The number of rotatable bonds is 4. The van der Waals surface area contributed by atoms with E-state index in [1.165, 1.54) is 35.5 Å².